The van der Waals surface area contributed by atoms with Crippen molar-refractivity contribution in [2.45, 2.75) is 51.4 Å². The summed E-state index contributed by atoms with van der Waals surface area (Å²) >= 11 is 0. The lowest BCUT2D eigenvalue weighted by Gasteiger charge is -2.13. The number of hydrogen-bond acceptors (Lipinski definition) is 8. The molecule has 0 bridgehead atoms. The first-order valence-corrected chi connectivity index (χ1v) is 14.1. The summed E-state index contributed by atoms with van der Waals surface area (Å²) in [5, 5.41) is 0. The molecule has 1 saturated carbocycles. The Morgan fingerprint density at radius 1 is 0.977 bits per heavy atom. The van der Waals surface area contributed by atoms with Crippen molar-refractivity contribution in [3.05, 3.63) is 78.5 Å². The zero-order valence-corrected chi connectivity index (χ0v) is 24.1. The van der Waals surface area contributed by atoms with Gasteiger partial charge in [0.25, 0.3) is 0 Å². The van der Waals surface area contributed by atoms with Gasteiger partial charge in [0.2, 0.25) is 5.88 Å². The molecule has 0 amide bonds. The van der Waals surface area contributed by atoms with Gasteiger partial charge in [-0.3, -0.25) is 0 Å². The lowest BCUT2D eigenvalue weighted by molar-refractivity contribution is -0.140. The van der Waals surface area contributed by atoms with Gasteiger partial charge in [0.05, 0.1) is 37.4 Å². The highest BCUT2D eigenvalue weighted by Crippen LogP contribution is 2.45. The Bertz CT molecular complexity index is 1960. The summed E-state index contributed by atoms with van der Waals surface area (Å²) in [5.74, 6) is 2.05. The van der Waals surface area contributed by atoms with E-state index in [0.29, 0.717) is 52.3 Å². The van der Waals surface area contributed by atoms with E-state index < -0.39 is 11.9 Å². The van der Waals surface area contributed by atoms with Crippen LogP contribution < -0.4 is 4.74 Å². The highest BCUT2D eigenvalue weighted by atomic mass is 19.4. The minimum Gasteiger partial charge on any atom is -0.480 e. The van der Waals surface area contributed by atoms with Crippen molar-refractivity contribution >= 4 is 11.2 Å². The third-order valence-electron chi connectivity index (χ3n) is 7.62. The summed E-state index contributed by atoms with van der Waals surface area (Å²) in [7, 11) is 1.56. The molecular weight excluding hydrogens is 573 g/mol. The Morgan fingerprint density at radius 3 is 2.43 bits per heavy atom. The number of alkyl halides is 3. The van der Waals surface area contributed by atoms with Crippen molar-refractivity contribution in [2.24, 2.45) is 0 Å². The van der Waals surface area contributed by atoms with Gasteiger partial charge >= 0.3 is 6.18 Å². The van der Waals surface area contributed by atoms with Gasteiger partial charge in [-0.25, -0.2) is 29.9 Å². The minimum atomic E-state index is -4.53. The largest absolute Gasteiger partial charge is 0.480 e. The third kappa shape index (κ3) is 4.97. The molecule has 44 heavy (non-hydrogen) atoms. The fourth-order valence-electron chi connectivity index (χ4n) is 5.29. The van der Waals surface area contributed by atoms with E-state index in [4.69, 9.17) is 19.1 Å². The van der Waals surface area contributed by atoms with Crippen molar-refractivity contribution in [1.29, 1.82) is 0 Å². The van der Waals surface area contributed by atoms with Gasteiger partial charge in [-0.2, -0.15) is 13.2 Å². The molecule has 0 atom stereocenters. The number of hydrogen-bond donors (Lipinski definition) is 0. The van der Waals surface area contributed by atoms with E-state index in [-0.39, 0.29) is 11.9 Å². The van der Waals surface area contributed by atoms with Crippen LogP contribution in [0.5, 0.6) is 5.88 Å². The third-order valence-corrected chi connectivity index (χ3v) is 7.62. The second-order valence-corrected chi connectivity index (χ2v) is 11.0. The van der Waals surface area contributed by atoms with Gasteiger partial charge in [-0.15, -0.1) is 0 Å². The summed E-state index contributed by atoms with van der Waals surface area (Å²) in [4.78, 5) is 27.2. The first-order valence-electron chi connectivity index (χ1n) is 14.1. The van der Waals surface area contributed by atoms with Gasteiger partial charge in [-0.1, -0.05) is 24.3 Å². The van der Waals surface area contributed by atoms with E-state index >= 15 is 0 Å². The molecule has 13 heteroatoms. The lowest BCUT2D eigenvalue weighted by atomic mass is 10.1. The molecule has 5 aromatic heterocycles. The SMILES string of the molecule is COc1ncnc(C2CC2)c1-c1ncc2nc(-c3ccoc3)n(Cc3ccc(-c4nc(C(F)(F)F)cn4C(C)C)cc3)c2n1. The molecule has 10 nitrogen and oxygen atoms in total. The fraction of sp³-hybridized carbons (Fsp3) is 0.290. The number of benzene rings is 1. The number of nitrogens with zero attached hydrogens (tertiary/aromatic N) is 8. The average molecular weight is 601 g/mol. The maximum absolute atomic E-state index is 13.4. The van der Waals surface area contributed by atoms with Gasteiger partial charge in [0.15, 0.2) is 17.2 Å². The number of furan rings is 1. The Morgan fingerprint density at radius 2 is 1.77 bits per heavy atom. The van der Waals surface area contributed by atoms with E-state index in [1.54, 1.807) is 38.0 Å². The Kier molecular flexibility index (Phi) is 6.67. The smallest absolute Gasteiger partial charge is 0.434 e. The van der Waals surface area contributed by atoms with Crippen LogP contribution in [-0.4, -0.2) is 46.1 Å². The normalized spacial score (nSPS) is 13.7. The standard InChI is InChI=1S/C31H27F3N8O2/c1-17(2)41-14-23(31(32,33)34)39-27(41)20-6-4-18(5-7-20)13-42-28(21-10-11-44-15-21)38-22-12-35-26(40-29(22)42)24-25(19-8-9-19)36-16-37-30(24)43-3/h4-7,10-12,14-17,19H,8-9,13H2,1-3H3. The summed E-state index contributed by atoms with van der Waals surface area (Å²) in [5.41, 5.74) is 4.02. The Hall–Kier alpha value is -5.07. The molecule has 0 N–H and O–H groups in total. The van der Waals surface area contributed by atoms with E-state index in [1.165, 1.54) is 10.9 Å². The molecule has 1 fully saturated rings. The van der Waals surface area contributed by atoms with Crippen molar-refractivity contribution < 1.29 is 22.3 Å². The van der Waals surface area contributed by atoms with Crippen LogP contribution in [0.25, 0.3) is 45.3 Å². The minimum absolute atomic E-state index is 0.203. The van der Waals surface area contributed by atoms with E-state index in [0.717, 1.165) is 35.9 Å². The molecule has 0 saturated heterocycles. The number of rotatable bonds is 8. The molecule has 7 rings (SSSR count). The number of ether oxygens (including phenoxy) is 1. The Labute approximate surface area is 249 Å². The predicted octanol–water partition coefficient (Wildman–Crippen LogP) is 6.94. The van der Waals surface area contributed by atoms with Gasteiger partial charge < -0.3 is 18.3 Å². The fourth-order valence-corrected chi connectivity index (χ4v) is 5.29. The molecule has 224 valence electrons. The zero-order valence-electron chi connectivity index (χ0n) is 24.1. The van der Waals surface area contributed by atoms with Crippen molar-refractivity contribution in [3.63, 3.8) is 0 Å². The second-order valence-electron chi connectivity index (χ2n) is 11.0. The second kappa shape index (κ2) is 10.6. The molecule has 5 heterocycles. The average Bonchev–Trinajstić information content (AvgIpc) is 3.38. The predicted molar refractivity (Wildman–Crippen MR) is 155 cm³/mol. The van der Waals surface area contributed by atoms with Gasteiger partial charge in [0, 0.05) is 23.7 Å². The van der Waals surface area contributed by atoms with Crippen molar-refractivity contribution in [3.8, 4) is 40.0 Å². The highest BCUT2D eigenvalue weighted by Gasteiger charge is 2.35. The molecule has 0 radical (unpaired) electrons. The highest BCUT2D eigenvalue weighted by molar-refractivity contribution is 5.79. The topological polar surface area (TPSA) is 110 Å². The number of aromatic nitrogens is 8. The van der Waals surface area contributed by atoms with E-state index in [9.17, 15) is 13.2 Å². The number of fused-ring (bicyclic) bond motifs is 1. The summed E-state index contributed by atoms with van der Waals surface area (Å²) in [6.07, 6.45) is 4.94. The quantitative estimate of drug-likeness (QED) is 0.185. The first kappa shape index (κ1) is 27.7. The van der Waals surface area contributed by atoms with Crippen LogP contribution in [0.4, 0.5) is 13.2 Å². The number of methoxy groups -OCH3 is 1. The van der Waals surface area contributed by atoms with Gasteiger partial charge in [0.1, 0.15) is 35.3 Å². The molecular formula is C31H27F3N8O2. The first-order chi connectivity index (χ1) is 21.2. The van der Waals surface area contributed by atoms with Crippen LogP contribution in [-0.2, 0) is 12.7 Å². The van der Waals surface area contributed by atoms with Crippen LogP contribution in [0.2, 0.25) is 0 Å². The Balaban J connectivity index is 1.30. The van der Waals surface area contributed by atoms with Crippen LogP contribution in [0, 0.1) is 0 Å². The van der Waals surface area contributed by atoms with Crippen LogP contribution >= 0.6 is 0 Å². The molecule has 1 aliphatic carbocycles. The van der Waals surface area contributed by atoms with Crippen LogP contribution in [0.15, 0.2) is 66.0 Å². The molecule has 1 aromatic carbocycles. The van der Waals surface area contributed by atoms with Crippen molar-refractivity contribution in [2.75, 3.05) is 7.11 Å². The number of imidazole rings is 2. The van der Waals surface area contributed by atoms with E-state index in [2.05, 4.69) is 19.9 Å². The summed E-state index contributed by atoms with van der Waals surface area (Å²) in [6, 6.07) is 8.91. The zero-order chi connectivity index (χ0) is 30.6. The molecule has 1 aliphatic rings. The molecule has 0 spiro atoms. The van der Waals surface area contributed by atoms with Crippen molar-refractivity contribution in [1.82, 2.24) is 39.0 Å². The number of halogens is 3. The molecule has 0 unspecified atom stereocenters. The van der Waals surface area contributed by atoms with Crippen LogP contribution in [0.3, 0.4) is 0 Å². The monoisotopic (exact) mass is 600 g/mol. The van der Waals surface area contributed by atoms with Crippen LogP contribution in [0.1, 0.15) is 55.6 Å². The molecule has 0 aliphatic heterocycles. The summed E-state index contributed by atoms with van der Waals surface area (Å²) < 4.78 is 54.8. The summed E-state index contributed by atoms with van der Waals surface area (Å²) in [6.45, 7) is 4.02. The van der Waals surface area contributed by atoms with E-state index in [1.807, 2.05) is 36.6 Å². The molecule has 6 aromatic rings. The lowest BCUT2D eigenvalue weighted by Crippen LogP contribution is -2.06. The maximum Gasteiger partial charge on any atom is 0.434 e. The maximum atomic E-state index is 13.4. The van der Waals surface area contributed by atoms with Gasteiger partial charge in [-0.05, 0) is 38.3 Å².